The van der Waals surface area contributed by atoms with Gasteiger partial charge in [0, 0.05) is 10.5 Å². The van der Waals surface area contributed by atoms with Crippen molar-refractivity contribution in [2.75, 3.05) is 12.8 Å². The lowest BCUT2D eigenvalue weighted by Gasteiger charge is -2.08. The van der Waals surface area contributed by atoms with Crippen molar-refractivity contribution in [2.24, 2.45) is 0 Å². The van der Waals surface area contributed by atoms with Crippen LogP contribution in [0.15, 0.2) is 46.9 Å². The Balaban J connectivity index is 2.26. The summed E-state index contributed by atoms with van der Waals surface area (Å²) in [4.78, 5) is 4.38. The summed E-state index contributed by atoms with van der Waals surface area (Å²) >= 11 is 3.44. The zero-order valence-electron chi connectivity index (χ0n) is 10.3. The van der Waals surface area contributed by atoms with Crippen LogP contribution in [0.5, 0.6) is 5.75 Å². The van der Waals surface area contributed by atoms with Crippen LogP contribution in [0.1, 0.15) is 0 Å². The molecule has 0 aliphatic heterocycles. The first-order chi connectivity index (χ1) is 9.19. The fourth-order valence-corrected chi connectivity index (χ4v) is 2.44. The second-order valence-corrected chi connectivity index (χ2v) is 5.06. The first-order valence-corrected chi connectivity index (χ1v) is 6.56. The van der Waals surface area contributed by atoms with Gasteiger partial charge in [-0.3, -0.25) is 4.57 Å². The molecule has 1 aromatic heterocycles. The normalized spacial score (nSPS) is 10.8. The predicted molar refractivity (Wildman–Crippen MR) is 79.7 cm³/mol. The molecule has 0 spiro atoms. The molecule has 0 fully saturated rings. The molecule has 0 saturated carbocycles. The number of imidazole rings is 1. The molecule has 0 aliphatic carbocycles. The van der Waals surface area contributed by atoms with Crippen LogP contribution >= 0.6 is 15.9 Å². The monoisotopic (exact) mass is 317 g/mol. The van der Waals surface area contributed by atoms with E-state index in [2.05, 4.69) is 20.9 Å². The van der Waals surface area contributed by atoms with Crippen molar-refractivity contribution in [3.8, 4) is 11.4 Å². The average molecular weight is 318 g/mol. The number of methoxy groups -OCH3 is 1. The predicted octanol–water partition coefficient (Wildman–Crippen LogP) is 3.38. The highest BCUT2D eigenvalue weighted by molar-refractivity contribution is 9.10. The molecule has 0 amide bonds. The summed E-state index contributed by atoms with van der Waals surface area (Å²) in [6.07, 6.45) is 0. The lowest BCUT2D eigenvalue weighted by atomic mass is 10.2. The Bertz CT molecular complexity index is 752. The van der Waals surface area contributed by atoms with Crippen LogP contribution in [0, 0.1) is 0 Å². The molecule has 3 aromatic rings. The standard InChI is InChI=1S/C14H12BrN3O/c1-19-11-4-2-3-10(8-11)18-13-6-5-9(15)7-12(13)17-14(18)16/h2-8H,1H3,(H2,16,17). The highest BCUT2D eigenvalue weighted by atomic mass is 79.9. The Morgan fingerprint density at radius 2 is 2.05 bits per heavy atom. The second-order valence-electron chi connectivity index (χ2n) is 4.14. The van der Waals surface area contributed by atoms with Crippen LogP contribution in [-0.4, -0.2) is 16.7 Å². The number of benzene rings is 2. The van der Waals surface area contributed by atoms with Crippen molar-refractivity contribution in [2.45, 2.75) is 0 Å². The summed E-state index contributed by atoms with van der Waals surface area (Å²) < 4.78 is 8.13. The number of hydrogen-bond donors (Lipinski definition) is 1. The van der Waals surface area contributed by atoms with Crippen molar-refractivity contribution in [1.82, 2.24) is 9.55 Å². The third-order valence-corrected chi connectivity index (χ3v) is 3.45. The van der Waals surface area contributed by atoms with Gasteiger partial charge in [0.2, 0.25) is 5.95 Å². The van der Waals surface area contributed by atoms with E-state index in [-0.39, 0.29) is 0 Å². The number of nitrogen functional groups attached to an aromatic ring is 1. The maximum absolute atomic E-state index is 6.02. The average Bonchev–Trinajstić information content (AvgIpc) is 2.73. The highest BCUT2D eigenvalue weighted by Crippen LogP contribution is 2.27. The van der Waals surface area contributed by atoms with E-state index in [1.165, 1.54) is 0 Å². The van der Waals surface area contributed by atoms with Gasteiger partial charge in [-0.2, -0.15) is 0 Å². The van der Waals surface area contributed by atoms with Gasteiger partial charge < -0.3 is 10.5 Å². The number of aromatic nitrogens is 2. The van der Waals surface area contributed by atoms with Crippen LogP contribution in [0.25, 0.3) is 16.7 Å². The first-order valence-electron chi connectivity index (χ1n) is 5.77. The molecule has 0 aliphatic rings. The van der Waals surface area contributed by atoms with Gasteiger partial charge in [0.05, 0.1) is 23.8 Å². The van der Waals surface area contributed by atoms with E-state index >= 15 is 0 Å². The Hall–Kier alpha value is -2.01. The van der Waals surface area contributed by atoms with Gasteiger partial charge in [-0.05, 0) is 30.3 Å². The molecule has 3 rings (SSSR count). The van der Waals surface area contributed by atoms with E-state index in [1.54, 1.807) is 7.11 Å². The van der Waals surface area contributed by atoms with Gasteiger partial charge in [-0.25, -0.2) is 4.98 Å². The second kappa shape index (κ2) is 4.59. The van der Waals surface area contributed by atoms with E-state index in [0.29, 0.717) is 5.95 Å². The first kappa shape index (κ1) is 12.0. The van der Waals surface area contributed by atoms with Crippen LogP contribution in [-0.2, 0) is 0 Å². The maximum Gasteiger partial charge on any atom is 0.205 e. The number of fused-ring (bicyclic) bond motifs is 1. The maximum atomic E-state index is 6.02. The van der Waals surface area contributed by atoms with E-state index in [9.17, 15) is 0 Å². The van der Waals surface area contributed by atoms with Gasteiger partial charge in [0.1, 0.15) is 5.75 Å². The molecule has 96 valence electrons. The summed E-state index contributed by atoms with van der Waals surface area (Å²) in [6, 6.07) is 13.6. The minimum Gasteiger partial charge on any atom is -0.497 e. The van der Waals surface area contributed by atoms with Crippen LogP contribution in [0.2, 0.25) is 0 Å². The van der Waals surface area contributed by atoms with Gasteiger partial charge >= 0.3 is 0 Å². The van der Waals surface area contributed by atoms with E-state index in [0.717, 1.165) is 26.9 Å². The zero-order chi connectivity index (χ0) is 13.4. The minimum absolute atomic E-state index is 0.460. The molecule has 0 radical (unpaired) electrons. The van der Waals surface area contributed by atoms with Gasteiger partial charge in [-0.1, -0.05) is 22.0 Å². The molecule has 2 aromatic carbocycles. The molecule has 1 heterocycles. The van der Waals surface area contributed by atoms with Gasteiger partial charge in [0.15, 0.2) is 0 Å². The molecule has 0 atom stereocenters. The van der Waals surface area contributed by atoms with Crippen LogP contribution in [0.3, 0.4) is 0 Å². The van der Waals surface area contributed by atoms with Gasteiger partial charge in [0.25, 0.3) is 0 Å². The van der Waals surface area contributed by atoms with E-state index in [4.69, 9.17) is 10.5 Å². The number of nitrogens with zero attached hydrogens (tertiary/aromatic N) is 2. The summed E-state index contributed by atoms with van der Waals surface area (Å²) in [6.45, 7) is 0. The molecule has 19 heavy (non-hydrogen) atoms. The van der Waals surface area contributed by atoms with E-state index < -0.39 is 0 Å². The number of hydrogen-bond acceptors (Lipinski definition) is 3. The number of halogens is 1. The lowest BCUT2D eigenvalue weighted by Crippen LogP contribution is -2.00. The van der Waals surface area contributed by atoms with Crippen molar-refractivity contribution < 1.29 is 4.74 Å². The Morgan fingerprint density at radius 1 is 1.21 bits per heavy atom. The molecule has 0 bridgehead atoms. The lowest BCUT2D eigenvalue weighted by molar-refractivity contribution is 0.414. The number of nitrogens with two attached hydrogens (primary N) is 1. The molecule has 0 saturated heterocycles. The zero-order valence-corrected chi connectivity index (χ0v) is 11.9. The third kappa shape index (κ3) is 2.06. The van der Waals surface area contributed by atoms with E-state index in [1.807, 2.05) is 47.0 Å². The molecule has 5 heteroatoms. The van der Waals surface area contributed by atoms with Crippen molar-refractivity contribution >= 4 is 32.9 Å². The number of rotatable bonds is 2. The molecule has 2 N–H and O–H groups in total. The topological polar surface area (TPSA) is 53.1 Å². The summed E-state index contributed by atoms with van der Waals surface area (Å²) in [5.41, 5.74) is 8.78. The summed E-state index contributed by atoms with van der Waals surface area (Å²) in [5, 5.41) is 0. The quantitative estimate of drug-likeness (QED) is 0.788. The summed E-state index contributed by atoms with van der Waals surface area (Å²) in [7, 11) is 1.64. The number of ether oxygens (including phenoxy) is 1. The fraction of sp³-hybridized carbons (Fsp3) is 0.0714. The minimum atomic E-state index is 0.460. The largest absolute Gasteiger partial charge is 0.497 e. The third-order valence-electron chi connectivity index (χ3n) is 2.95. The Morgan fingerprint density at radius 3 is 2.84 bits per heavy atom. The Labute approximate surface area is 118 Å². The molecule has 4 nitrogen and oxygen atoms in total. The highest BCUT2D eigenvalue weighted by Gasteiger charge is 2.10. The van der Waals surface area contributed by atoms with Crippen molar-refractivity contribution in [1.29, 1.82) is 0 Å². The fourth-order valence-electron chi connectivity index (χ4n) is 2.09. The van der Waals surface area contributed by atoms with Gasteiger partial charge in [-0.15, -0.1) is 0 Å². The molecular weight excluding hydrogens is 306 g/mol. The molecule has 0 unspecified atom stereocenters. The smallest absolute Gasteiger partial charge is 0.205 e. The van der Waals surface area contributed by atoms with Crippen molar-refractivity contribution in [3.63, 3.8) is 0 Å². The summed E-state index contributed by atoms with van der Waals surface area (Å²) in [5.74, 6) is 1.25. The molecular formula is C14H12BrN3O. The van der Waals surface area contributed by atoms with Crippen LogP contribution < -0.4 is 10.5 Å². The SMILES string of the molecule is COc1cccc(-n2c(N)nc3cc(Br)ccc32)c1. The number of anilines is 1. The van der Waals surface area contributed by atoms with Crippen molar-refractivity contribution in [3.05, 3.63) is 46.9 Å². The Kier molecular flexibility index (Phi) is 2.91. The van der Waals surface area contributed by atoms with Crippen LogP contribution in [0.4, 0.5) is 5.95 Å².